The summed E-state index contributed by atoms with van der Waals surface area (Å²) in [6.45, 7) is 0. The van der Waals surface area contributed by atoms with Crippen molar-refractivity contribution in [2.45, 2.75) is 37.5 Å². The number of benzene rings is 1. The minimum atomic E-state index is 0.361. The van der Waals surface area contributed by atoms with Gasteiger partial charge in [-0.2, -0.15) is 9.97 Å². The Hall–Kier alpha value is -1.97. The maximum atomic E-state index is 5.84. The molecule has 1 aromatic heterocycles. The number of hydrogen-bond donors (Lipinski definition) is 1. The number of fused-ring (bicyclic) bond motifs is 1. The van der Waals surface area contributed by atoms with Crippen LogP contribution in [0.1, 0.15) is 47.5 Å². The van der Waals surface area contributed by atoms with Crippen molar-refractivity contribution in [1.29, 1.82) is 0 Å². The molecule has 0 bridgehead atoms. The van der Waals surface area contributed by atoms with Crippen LogP contribution >= 0.6 is 0 Å². The lowest BCUT2D eigenvalue weighted by atomic mass is 10.1. The molecular weight excluding hydrogens is 236 g/mol. The van der Waals surface area contributed by atoms with E-state index in [1.807, 2.05) is 0 Å². The smallest absolute Gasteiger partial charge is 0.223 e. The summed E-state index contributed by atoms with van der Waals surface area (Å²) in [7, 11) is 0. The summed E-state index contributed by atoms with van der Waals surface area (Å²) in [5.41, 5.74) is 8.67. The minimum Gasteiger partial charge on any atom is -0.368 e. The fraction of sp³-hybridized carbons (Fsp3) is 0.400. The Morgan fingerprint density at radius 2 is 1.42 bits per heavy atom. The zero-order valence-electron chi connectivity index (χ0n) is 10.7. The molecule has 96 valence electrons. The molecule has 2 aliphatic rings. The van der Waals surface area contributed by atoms with Gasteiger partial charge in [0.15, 0.2) is 0 Å². The van der Waals surface area contributed by atoms with Gasteiger partial charge in [-0.1, -0.05) is 24.3 Å². The molecule has 0 spiro atoms. The molecular formula is C15H16N4. The molecule has 0 radical (unpaired) electrons. The first-order chi connectivity index (χ1) is 9.29. The van der Waals surface area contributed by atoms with E-state index in [-0.39, 0.29) is 0 Å². The Kier molecular flexibility index (Phi) is 2.31. The fourth-order valence-electron chi connectivity index (χ4n) is 2.88. The highest BCUT2D eigenvalue weighted by Gasteiger charge is 2.30. The van der Waals surface area contributed by atoms with Crippen LogP contribution in [0.3, 0.4) is 0 Å². The molecule has 4 heteroatoms. The van der Waals surface area contributed by atoms with Crippen LogP contribution in [0.5, 0.6) is 0 Å². The maximum Gasteiger partial charge on any atom is 0.223 e. The van der Waals surface area contributed by atoms with Gasteiger partial charge in [0.25, 0.3) is 0 Å². The van der Waals surface area contributed by atoms with E-state index in [1.54, 1.807) is 0 Å². The van der Waals surface area contributed by atoms with Crippen LogP contribution in [0, 0.1) is 0 Å². The van der Waals surface area contributed by atoms with Crippen molar-refractivity contribution in [3.05, 3.63) is 47.0 Å². The lowest BCUT2D eigenvalue weighted by Gasteiger charge is -2.09. The topological polar surface area (TPSA) is 64.7 Å². The van der Waals surface area contributed by atoms with Gasteiger partial charge in [-0.25, -0.2) is 4.98 Å². The highest BCUT2D eigenvalue weighted by Crippen LogP contribution is 2.39. The second kappa shape index (κ2) is 4.02. The molecule has 2 N–H and O–H groups in total. The Morgan fingerprint density at radius 3 is 2.00 bits per heavy atom. The minimum absolute atomic E-state index is 0.361. The first kappa shape index (κ1) is 10.9. The molecule has 19 heavy (non-hydrogen) atoms. The zero-order chi connectivity index (χ0) is 12.8. The van der Waals surface area contributed by atoms with Gasteiger partial charge in [0.2, 0.25) is 5.95 Å². The third-order valence-corrected chi connectivity index (χ3v) is 4.05. The zero-order valence-corrected chi connectivity index (χ0v) is 10.7. The molecule has 2 aromatic rings. The van der Waals surface area contributed by atoms with Crippen molar-refractivity contribution in [2.75, 3.05) is 5.73 Å². The van der Waals surface area contributed by atoms with Crippen LogP contribution < -0.4 is 5.73 Å². The molecule has 4 rings (SSSR count). The van der Waals surface area contributed by atoms with E-state index in [0.29, 0.717) is 17.8 Å². The van der Waals surface area contributed by atoms with Gasteiger partial charge in [0.1, 0.15) is 11.6 Å². The Balaban J connectivity index is 1.67. The highest BCUT2D eigenvalue weighted by molar-refractivity contribution is 5.35. The number of nitrogens with two attached hydrogens (primary N) is 1. The van der Waals surface area contributed by atoms with Gasteiger partial charge in [-0.15, -0.1) is 0 Å². The first-order valence-corrected chi connectivity index (χ1v) is 6.88. The van der Waals surface area contributed by atoms with E-state index < -0.39 is 0 Å². The average Bonchev–Trinajstić information content (AvgIpc) is 3.17. The van der Waals surface area contributed by atoms with E-state index in [4.69, 9.17) is 5.73 Å². The van der Waals surface area contributed by atoms with Gasteiger partial charge in [-0.3, -0.25) is 0 Å². The number of nitrogen functional groups attached to an aromatic ring is 1. The van der Waals surface area contributed by atoms with Gasteiger partial charge >= 0.3 is 0 Å². The number of aromatic nitrogens is 3. The molecule has 0 aliphatic heterocycles. The molecule has 1 heterocycles. The number of anilines is 1. The number of nitrogens with zero attached hydrogens (tertiary/aromatic N) is 3. The average molecular weight is 252 g/mol. The Bertz CT molecular complexity index is 609. The third kappa shape index (κ3) is 1.97. The summed E-state index contributed by atoms with van der Waals surface area (Å²) in [5, 5.41) is 0. The summed E-state index contributed by atoms with van der Waals surface area (Å²) in [5.74, 6) is 3.04. The van der Waals surface area contributed by atoms with Crippen molar-refractivity contribution in [3.63, 3.8) is 0 Å². The molecule has 1 fully saturated rings. The summed E-state index contributed by atoms with van der Waals surface area (Å²) in [4.78, 5) is 13.3. The highest BCUT2D eigenvalue weighted by atomic mass is 15.1. The number of rotatable bonds is 2. The molecule has 0 atom stereocenters. The molecule has 2 aliphatic carbocycles. The van der Waals surface area contributed by atoms with E-state index in [2.05, 4.69) is 39.2 Å². The van der Waals surface area contributed by atoms with Crippen LogP contribution in [0.2, 0.25) is 0 Å². The Labute approximate surface area is 112 Å². The van der Waals surface area contributed by atoms with Crippen LogP contribution in [0.15, 0.2) is 24.3 Å². The SMILES string of the molecule is Nc1nc(C2CC2)nc(C2Cc3ccccc3C2)n1. The predicted molar refractivity (Wildman–Crippen MR) is 72.8 cm³/mol. The molecule has 4 nitrogen and oxygen atoms in total. The van der Waals surface area contributed by atoms with Crippen LogP contribution in [-0.4, -0.2) is 15.0 Å². The van der Waals surface area contributed by atoms with E-state index in [1.165, 1.54) is 24.0 Å². The van der Waals surface area contributed by atoms with Crippen molar-refractivity contribution in [3.8, 4) is 0 Å². The maximum absolute atomic E-state index is 5.84. The van der Waals surface area contributed by atoms with Gasteiger partial charge in [0, 0.05) is 11.8 Å². The van der Waals surface area contributed by atoms with E-state index in [0.717, 1.165) is 24.5 Å². The van der Waals surface area contributed by atoms with E-state index in [9.17, 15) is 0 Å². The normalized spacial score (nSPS) is 18.5. The summed E-state index contributed by atoms with van der Waals surface area (Å²) >= 11 is 0. The van der Waals surface area contributed by atoms with Crippen LogP contribution in [0.4, 0.5) is 5.95 Å². The monoisotopic (exact) mass is 252 g/mol. The summed E-state index contributed by atoms with van der Waals surface area (Å²) in [6.07, 6.45) is 4.41. The van der Waals surface area contributed by atoms with E-state index >= 15 is 0 Å². The largest absolute Gasteiger partial charge is 0.368 e. The standard InChI is InChI=1S/C15H16N4/c16-15-18-13(9-5-6-9)17-14(19-15)12-7-10-3-1-2-4-11(10)8-12/h1-4,9,12H,5-8H2,(H2,16,17,18,19). The molecule has 0 amide bonds. The van der Waals surface area contributed by atoms with Crippen molar-refractivity contribution < 1.29 is 0 Å². The van der Waals surface area contributed by atoms with Crippen LogP contribution in [-0.2, 0) is 12.8 Å². The van der Waals surface area contributed by atoms with Crippen molar-refractivity contribution >= 4 is 5.95 Å². The van der Waals surface area contributed by atoms with Crippen molar-refractivity contribution in [2.24, 2.45) is 0 Å². The Morgan fingerprint density at radius 1 is 0.842 bits per heavy atom. The molecule has 0 saturated heterocycles. The fourth-order valence-corrected chi connectivity index (χ4v) is 2.88. The lowest BCUT2D eigenvalue weighted by Crippen LogP contribution is -2.11. The summed E-state index contributed by atoms with van der Waals surface area (Å²) < 4.78 is 0. The molecule has 1 saturated carbocycles. The van der Waals surface area contributed by atoms with Gasteiger partial charge in [0.05, 0.1) is 0 Å². The third-order valence-electron chi connectivity index (χ3n) is 4.05. The first-order valence-electron chi connectivity index (χ1n) is 6.88. The number of hydrogen-bond acceptors (Lipinski definition) is 4. The van der Waals surface area contributed by atoms with Crippen LogP contribution in [0.25, 0.3) is 0 Å². The van der Waals surface area contributed by atoms with Gasteiger partial charge in [-0.05, 0) is 36.8 Å². The second-order valence-corrected chi connectivity index (χ2v) is 5.56. The quantitative estimate of drug-likeness (QED) is 0.890. The lowest BCUT2D eigenvalue weighted by molar-refractivity contribution is 0.664. The summed E-state index contributed by atoms with van der Waals surface area (Å²) in [6, 6.07) is 8.58. The molecule has 1 aromatic carbocycles. The molecule has 0 unspecified atom stereocenters. The second-order valence-electron chi connectivity index (χ2n) is 5.56. The van der Waals surface area contributed by atoms with Crippen molar-refractivity contribution in [1.82, 2.24) is 15.0 Å². The predicted octanol–water partition coefficient (Wildman–Crippen LogP) is 2.21. The van der Waals surface area contributed by atoms with Gasteiger partial charge < -0.3 is 5.73 Å².